The fraction of sp³-hybridized carbons (Fsp3) is 0.394. The lowest BCUT2D eigenvalue weighted by Crippen LogP contribution is -2.57. The van der Waals surface area contributed by atoms with E-state index in [0.29, 0.717) is 45.7 Å². The molecule has 7 rings (SSSR count). The number of anilines is 2. The monoisotopic (exact) mass is 664 g/mol. The maximum Gasteiger partial charge on any atom is 0.341 e. The molecule has 4 aromatic rings. The minimum atomic E-state index is -1.31. The summed E-state index contributed by atoms with van der Waals surface area (Å²) in [6, 6.07) is 11.1. The Hall–Kier alpha value is -4.06. The molecular weight excluding hydrogens is 631 g/mol. The van der Waals surface area contributed by atoms with Crippen molar-refractivity contribution >= 4 is 51.6 Å². The molecule has 11 nitrogen and oxygen atoms in total. The summed E-state index contributed by atoms with van der Waals surface area (Å²) in [6.07, 6.45) is 4.96. The number of pyridine rings is 3. The third-order valence-corrected chi connectivity index (χ3v) is 10.3. The van der Waals surface area contributed by atoms with Crippen LogP contribution in [0.3, 0.4) is 0 Å². The van der Waals surface area contributed by atoms with Crippen LogP contribution in [-0.4, -0.2) is 89.0 Å². The van der Waals surface area contributed by atoms with Crippen molar-refractivity contribution in [3.05, 3.63) is 74.6 Å². The van der Waals surface area contributed by atoms with Gasteiger partial charge in [-0.1, -0.05) is 23.2 Å². The minimum Gasteiger partial charge on any atom is -0.481 e. The van der Waals surface area contributed by atoms with Gasteiger partial charge in [0.25, 0.3) is 0 Å². The summed E-state index contributed by atoms with van der Waals surface area (Å²) in [7, 11) is 5.66. The first-order chi connectivity index (χ1) is 22.0. The van der Waals surface area contributed by atoms with Gasteiger partial charge in [0.1, 0.15) is 23.0 Å². The Labute approximate surface area is 275 Å². The van der Waals surface area contributed by atoms with E-state index in [9.17, 15) is 14.7 Å². The molecule has 3 aromatic heterocycles. The number of ether oxygens (including phenoxy) is 2. The minimum absolute atomic E-state index is 0.0512. The number of nitrogens with zero attached hydrogens (tertiary/aromatic N) is 6. The molecule has 46 heavy (non-hydrogen) atoms. The fourth-order valence-corrected chi connectivity index (χ4v) is 7.31. The molecule has 3 aliphatic rings. The van der Waals surface area contributed by atoms with Crippen LogP contribution in [0.15, 0.2) is 53.6 Å². The Kier molecular flexibility index (Phi) is 7.53. The fourth-order valence-electron chi connectivity index (χ4n) is 6.90. The third-order valence-electron chi connectivity index (χ3n) is 9.75. The summed E-state index contributed by atoms with van der Waals surface area (Å²) in [5.41, 5.74) is 0.818. The first-order valence-electron chi connectivity index (χ1n) is 15.1. The lowest BCUT2D eigenvalue weighted by Gasteiger charge is -2.43. The number of benzene rings is 1. The lowest BCUT2D eigenvalue weighted by atomic mass is 10.1. The molecule has 1 saturated carbocycles. The molecule has 0 bridgehead atoms. The molecule has 0 spiro atoms. The van der Waals surface area contributed by atoms with Crippen molar-refractivity contribution in [2.75, 3.05) is 50.7 Å². The Bertz CT molecular complexity index is 1910. The van der Waals surface area contributed by atoms with Crippen LogP contribution in [0.4, 0.5) is 11.5 Å². The van der Waals surface area contributed by atoms with E-state index in [4.69, 9.17) is 32.7 Å². The maximum atomic E-state index is 13.4. The highest BCUT2D eigenvalue weighted by Crippen LogP contribution is 2.60. The maximum absolute atomic E-state index is 13.4. The van der Waals surface area contributed by atoms with Gasteiger partial charge in [-0.3, -0.25) is 4.79 Å². The lowest BCUT2D eigenvalue weighted by molar-refractivity contribution is 0.0695. The van der Waals surface area contributed by atoms with Crippen LogP contribution < -0.4 is 24.7 Å². The van der Waals surface area contributed by atoms with Gasteiger partial charge in [-0.2, -0.15) is 4.98 Å². The van der Waals surface area contributed by atoms with Crippen LogP contribution in [0.1, 0.15) is 30.1 Å². The average molecular weight is 666 g/mol. The zero-order chi connectivity index (χ0) is 32.5. The normalized spacial score (nSPS) is 22.2. The molecule has 240 valence electrons. The Morgan fingerprint density at radius 3 is 2.61 bits per heavy atom. The highest BCUT2D eigenvalue weighted by Gasteiger charge is 2.62. The SMILES string of the molecule is COc1ccc(Cl)c(OC[C@H]2C[C@H]3CC3(C)N2c2cc3c(cc2Cl)c(=O)c(C(=O)O)cn3-c2ccc(N3CC(N(C)C)C3)nc2)n1. The Morgan fingerprint density at radius 1 is 1.15 bits per heavy atom. The number of hydrogen-bond donors (Lipinski definition) is 1. The quantitative estimate of drug-likeness (QED) is 0.263. The summed E-state index contributed by atoms with van der Waals surface area (Å²) >= 11 is 13.3. The molecular formula is C33H34Cl2N6O5. The molecule has 2 saturated heterocycles. The first kappa shape index (κ1) is 30.6. The van der Waals surface area contributed by atoms with E-state index in [1.54, 1.807) is 29.0 Å². The number of carboxylic acid groups (broad SMARTS) is 1. The van der Waals surface area contributed by atoms with Crippen molar-refractivity contribution in [1.29, 1.82) is 0 Å². The molecule has 1 aromatic carbocycles. The van der Waals surface area contributed by atoms with E-state index in [2.05, 4.69) is 45.7 Å². The van der Waals surface area contributed by atoms with Crippen molar-refractivity contribution in [2.45, 2.75) is 37.4 Å². The second-order valence-electron chi connectivity index (χ2n) is 12.7. The molecule has 1 aliphatic carbocycles. The van der Waals surface area contributed by atoms with E-state index in [1.165, 1.54) is 13.3 Å². The topological polar surface area (TPSA) is 113 Å². The van der Waals surface area contributed by atoms with E-state index >= 15 is 0 Å². The van der Waals surface area contributed by atoms with Gasteiger partial charge in [0.15, 0.2) is 0 Å². The second kappa shape index (κ2) is 11.3. The van der Waals surface area contributed by atoms with Gasteiger partial charge in [0.2, 0.25) is 17.2 Å². The van der Waals surface area contributed by atoms with Crippen molar-refractivity contribution in [3.8, 4) is 17.4 Å². The summed E-state index contributed by atoms with van der Waals surface area (Å²) in [6.45, 7) is 4.27. The third kappa shape index (κ3) is 5.10. The molecule has 2 aliphatic heterocycles. The number of methoxy groups -OCH3 is 1. The van der Waals surface area contributed by atoms with Crippen LogP contribution in [-0.2, 0) is 0 Å². The summed E-state index contributed by atoms with van der Waals surface area (Å²) in [5.74, 6) is 0.670. The number of aromatic carboxylic acids is 1. The highest BCUT2D eigenvalue weighted by molar-refractivity contribution is 6.34. The zero-order valence-electron chi connectivity index (χ0n) is 25.9. The molecule has 3 atom stereocenters. The van der Waals surface area contributed by atoms with Crippen LogP contribution in [0.5, 0.6) is 11.8 Å². The van der Waals surface area contributed by atoms with Crippen molar-refractivity contribution in [1.82, 2.24) is 19.4 Å². The summed E-state index contributed by atoms with van der Waals surface area (Å²) in [5, 5.41) is 10.9. The number of piperidine rings is 1. The van der Waals surface area contributed by atoms with E-state index < -0.39 is 11.4 Å². The zero-order valence-corrected chi connectivity index (χ0v) is 27.4. The van der Waals surface area contributed by atoms with Crippen molar-refractivity contribution < 1.29 is 19.4 Å². The average Bonchev–Trinajstić information content (AvgIpc) is 3.57. The van der Waals surface area contributed by atoms with Crippen molar-refractivity contribution in [2.24, 2.45) is 5.92 Å². The molecule has 1 unspecified atom stereocenters. The number of carbonyl (C=O) groups is 1. The predicted octanol–water partition coefficient (Wildman–Crippen LogP) is 4.98. The van der Waals surface area contributed by atoms with Crippen LogP contribution >= 0.6 is 23.2 Å². The summed E-state index contributed by atoms with van der Waals surface area (Å²) in [4.78, 5) is 41.3. The van der Waals surface area contributed by atoms with E-state index in [-0.39, 0.29) is 28.4 Å². The smallest absolute Gasteiger partial charge is 0.341 e. The Morgan fingerprint density at radius 2 is 1.93 bits per heavy atom. The number of fused-ring (bicyclic) bond motifs is 2. The van der Waals surface area contributed by atoms with Gasteiger partial charge >= 0.3 is 5.97 Å². The van der Waals surface area contributed by atoms with Gasteiger partial charge in [0.05, 0.1) is 41.3 Å². The molecule has 1 N–H and O–H groups in total. The number of rotatable bonds is 9. The number of carboxylic acids is 1. The van der Waals surface area contributed by atoms with Crippen LogP contribution in [0, 0.1) is 5.92 Å². The first-order valence-corrected chi connectivity index (χ1v) is 15.9. The number of likely N-dealkylation sites (N-methyl/N-ethyl adjacent to an activating group) is 1. The molecule has 0 radical (unpaired) electrons. The molecule has 0 amide bonds. The van der Waals surface area contributed by atoms with E-state index in [1.807, 2.05) is 18.2 Å². The van der Waals surface area contributed by atoms with Gasteiger partial charge < -0.3 is 33.8 Å². The highest BCUT2D eigenvalue weighted by atomic mass is 35.5. The van der Waals surface area contributed by atoms with Gasteiger partial charge in [-0.05, 0) is 70.1 Å². The van der Waals surface area contributed by atoms with Crippen molar-refractivity contribution in [3.63, 3.8) is 0 Å². The standard InChI is InChI=1S/C33H34Cl2N6O5/c1-33-12-18(33)9-20(17-46-31-24(34)6-8-29(37-31)45-4)41(33)27-11-26-22(10-25(27)35)30(42)23(32(43)44)16-40(26)19-5-7-28(36-13-19)39-14-21(15-39)38(2)3/h5-8,10-11,13,16,18,20-21H,9,12,14-15,17H2,1-4H3,(H,43,44)/t18-,20+,33?/m0/s1. The predicted molar refractivity (Wildman–Crippen MR) is 178 cm³/mol. The van der Waals surface area contributed by atoms with Gasteiger partial charge in [-0.15, -0.1) is 0 Å². The second-order valence-corrected chi connectivity index (χ2v) is 13.5. The molecule has 13 heteroatoms. The number of halogens is 2. The van der Waals surface area contributed by atoms with Crippen LogP contribution in [0.25, 0.3) is 16.6 Å². The van der Waals surface area contributed by atoms with E-state index in [0.717, 1.165) is 37.4 Å². The molecule has 5 heterocycles. The van der Waals surface area contributed by atoms with Crippen LogP contribution in [0.2, 0.25) is 10.0 Å². The molecule has 3 fully saturated rings. The summed E-state index contributed by atoms with van der Waals surface area (Å²) < 4.78 is 13.1. The largest absolute Gasteiger partial charge is 0.481 e. The number of aromatic nitrogens is 3. The number of hydrogen-bond acceptors (Lipinski definition) is 9. The Balaban J connectivity index is 1.27. The van der Waals surface area contributed by atoms with Gasteiger partial charge in [-0.25, -0.2) is 9.78 Å². The van der Waals surface area contributed by atoms with Gasteiger partial charge in [0, 0.05) is 42.3 Å².